The van der Waals surface area contributed by atoms with Crippen LogP contribution in [0, 0.1) is 0 Å². The Bertz CT molecular complexity index is 446. The molecule has 0 saturated carbocycles. The van der Waals surface area contributed by atoms with Gasteiger partial charge in [-0.1, -0.05) is 12.8 Å². The van der Waals surface area contributed by atoms with Crippen molar-refractivity contribution in [1.29, 1.82) is 0 Å². The number of nitrogens with one attached hydrogen (secondary N) is 1. The van der Waals surface area contributed by atoms with Crippen LogP contribution in [0.15, 0.2) is 11.1 Å². The van der Waals surface area contributed by atoms with Crippen LogP contribution in [0.25, 0.3) is 0 Å². The van der Waals surface area contributed by atoms with E-state index >= 15 is 0 Å². The first kappa shape index (κ1) is 11.4. The molecule has 7 heteroatoms. The van der Waals surface area contributed by atoms with Crippen LogP contribution in [0.4, 0.5) is 5.82 Å². The molecule has 0 radical (unpaired) electrons. The second-order valence-electron chi connectivity index (χ2n) is 3.97. The van der Waals surface area contributed by atoms with Gasteiger partial charge in [0, 0.05) is 13.1 Å². The zero-order chi connectivity index (χ0) is 11.6. The minimum atomic E-state index is -3.46. The summed E-state index contributed by atoms with van der Waals surface area (Å²) in [6, 6.07) is 0. The van der Waals surface area contributed by atoms with Crippen molar-refractivity contribution < 1.29 is 8.42 Å². The lowest BCUT2D eigenvalue weighted by Gasteiger charge is -2.18. The van der Waals surface area contributed by atoms with Crippen LogP contribution in [0.3, 0.4) is 0 Å². The lowest BCUT2D eigenvalue weighted by atomic mass is 10.2. The Hall–Kier alpha value is -1.08. The van der Waals surface area contributed by atoms with Crippen molar-refractivity contribution >= 4 is 15.8 Å². The van der Waals surface area contributed by atoms with Gasteiger partial charge < -0.3 is 5.73 Å². The monoisotopic (exact) mass is 244 g/mol. The third kappa shape index (κ3) is 2.05. The van der Waals surface area contributed by atoms with Crippen molar-refractivity contribution in [2.24, 2.45) is 0 Å². The molecule has 90 valence electrons. The summed E-state index contributed by atoms with van der Waals surface area (Å²) in [6.07, 6.45) is 5.28. The minimum absolute atomic E-state index is 0.0920. The van der Waals surface area contributed by atoms with Crippen LogP contribution in [-0.4, -0.2) is 36.0 Å². The first-order chi connectivity index (χ1) is 7.62. The summed E-state index contributed by atoms with van der Waals surface area (Å²) in [4.78, 5) is 0.0920. The lowest BCUT2D eigenvalue weighted by molar-refractivity contribution is 0.424. The molecule has 0 spiro atoms. The SMILES string of the molecule is Nc1[nH]ncc1S(=O)(=O)N1CCCCCC1. The van der Waals surface area contributed by atoms with E-state index in [1.165, 1.54) is 10.5 Å². The van der Waals surface area contributed by atoms with Crippen LogP contribution in [0.5, 0.6) is 0 Å². The smallest absolute Gasteiger partial charge is 0.248 e. The third-order valence-electron chi connectivity index (χ3n) is 2.82. The van der Waals surface area contributed by atoms with Crippen LogP contribution < -0.4 is 5.73 Å². The van der Waals surface area contributed by atoms with Crippen molar-refractivity contribution in [3.05, 3.63) is 6.20 Å². The van der Waals surface area contributed by atoms with Crippen LogP contribution in [-0.2, 0) is 10.0 Å². The van der Waals surface area contributed by atoms with Crippen molar-refractivity contribution in [2.45, 2.75) is 30.6 Å². The predicted octanol–water partition coefficient (Wildman–Crippen LogP) is 0.557. The number of sulfonamides is 1. The molecule has 0 unspecified atom stereocenters. The normalized spacial score (nSPS) is 19.5. The summed E-state index contributed by atoms with van der Waals surface area (Å²) < 4.78 is 25.9. The molecule has 0 amide bonds. The summed E-state index contributed by atoms with van der Waals surface area (Å²) >= 11 is 0. The van der Waals surface area contributed by atoms with Crippen LogP contribution in [0.1, 0.15) is 25.7 Å². The Labute approximate surface area is 94.9 Å². The van der Waals surface area contributed by atoms with Crippen molar-refractivity contribution in [2.75, 3.05) is 18.8 Å². The maximum absolute atomic E-state index is 12.2. The van der Waals surface area contributed by atoms with Gasteiger partial charge in [0.05, 0.1) is 6.20 Å². The maximum atomic E-state index is 12.2. The second kappa shape index (κ2) is 4.42. The fourth-order valence-corrected chi connectivity index (χ4v) is 3.44. The number of anilines is 1. The molecule has 16 heavy (non-hydrogen) atoms. The molecular weight excluding hydrogens is 228 g/mol. The zero-order valence-electron chi connectivity index (χ0n) is 9.02. The summed E-state index contributed by atoms with van der Waals surface area (Å²) in [6.45, 7) is 1.15. The molecule has 1 aliphatic heterocycles. The van der Waals surface area contributed by atoms with Gasteiger partial charge in [-0.25, -0.2) is 8.42 Å². The minimum Gasteiger partial charge on any atom is -0.383 e. The average Bonchev–Trinajstić information content (AvgIpc) is 2.55. The van der Waals surface area contributed by atoms with E-state index in [0.29, 0.717) is 13.1 Å². The molecular formula is C9H16N4O2S. The number of hydrogen-bond acceptors (Lipinski definition) is 4. The van der Waals surface area contributed by atoms with Gasteiger partial charge in [0.2, 0.25) is 10.0 Å². The molecule has 1 fully saturated rings. The Morgan fingerprint density at radius 3 is 2.38 bits per heavy atom. The predicted molar refractivity (Wildman–Crippen MR) is 60.2 cm³/mol. The average molecular weight is 244 g/mol. The number of aromatic nitrogens is 2. The number of nitrogens with two attached hydrogens (primary N) is 1. The summed E-state index contributed by atoms with van der Waals surface area (Å²) in [5.41, 5.74) is 5.55. The summed E-state index contributed by atoms with van der Waals surface area (Å²) in [5.74, 6) is 0.115. The molecule has 0 aromatic carbocycles. The van der Waals surface area contributed by atoms with E-state index in [0.717, 1.165) is 25.7 Å². The van der Waals surface area contributed by atoms with Gasteiger partial charge in [-0.3, -0.25) is 5.10 Å². The van der Waals surface area contributed by atoms with Gasteiger partial charge in [-0.15, -0.1) is 0 Å². The van der Waals surface area contributed by atoms with E-state index in [9.17, 15) is 8.42 Å². The van der Waals surface area contributed by atoms with Gasteiger partial charge in [-0.2, -0.15) is 9.40 Å². The highest BCUT2D eigenvalue weighted by molar-refractivity contribution is 7.89. The van der Waals surface area contributed by atoms with Crippen LogP contribution in [0.2, 0.25) is 0 Å². The van der Waals surface area contributed by atoms with E-state index in [2.05, 4.69) is 10.2 Å². The summed E-state index contributed by atoms with van der Waals surface area (Å²) in [5, 5.41) is 6.10. The van der Waals surface area contributed by atoms with Crippen LogP contribution >= 0.6 is 0 Å². The van der Waals surface area contributed by atoms with Gasteiger partial charge in [0.15, 0.2) is 0 Å². The molecule has 1 saturated heterocycles. The molecule has 0 bridgehead atoms. The number of rotatable bonds is 2. The van der Waals surface area contributed by atoms with Crippen molar-refractivity contribution in [3.63, 3.8) is 0 Å². The topological polar surface area (TPSA) is 92.1 Å². The number of H-pyrrole nitrogens is 1. The standard InChI is InChI=1S/C9H16N4O2S/c10-9-8(7-11-12-9)16(14,15)13-5-3-1-2-4-6-13/h7H,1-6H2,(H3,10,11,12). The van der Waals surface area contributed by atoms with Crippen molar-refractivity contribution in [1.82, 2.24) is 14.5 Å². The van der Waals surface area contributed by atoms with E-state index in [1.54, 1.807) is 0 Å². The molecule has 1 aromatic rings. The maximum Gasteiger partial charge on any atom is 0.248 e. The molecule has 2 heterocycles. The number of hydrogen-bond donors (Lipinski definition) is 2. The molecule has 2 rings (SSSR count). The number of nitrogens with zero attached hydrogens (tertiary/aromatic N) is 2. The molecule has 1 aromatic heterocycles. The lowest BCUT2D eigenvalue weighted by Crippen LogP contribution is -2.32. The van der Waals surface area contributed by atoms with Gasteiger partial charge >= 0.3 is 0 Å². The van der Waals surface area contributed by atoms with Gasteiger partial charge in [0.1, 0.15) is 10.7 Å². The quantitative estimate of drug-likeness (QED) is 0.795. The molecule has 0 atom stereocenters. The third-order valence-corrected chi connectivity index (χ3v) is 4.74. The van der Waals surface area contributed by atoms with E-state index in [4.69, 9.17) is 5.73 Å². The van der Waals surface area contributed by atoms with E-state index in [-0.39, 0.29) is 10.7 Å². The first-order valence-electron chi connectivity index (χ1n) is 5.41. The Morgan fingerprint density at radius 1 is 1.25 bits per heavy atom. The number of nitrogen functional groups attached to an aromatic ring is 1. The van der Waals surface area contributed by atoms with E-state index < -0.39 is 10.0 Å². The van der Waals surface area contributed by atoms with Gasteiger partial charge in [0.25, 0.3) is 0 Å². The summed E-state index contributed by atoms with van der Waals surface area (Å²) in [7, 11) is -3.46. The van der Waals surface area contributed by atoms with Gasteiger partial charge in [-0.05, 0) is 12.8 Å². The number of aromatic amines is 1. The fraction of sp³-hybridized carbons (Fsp3) is 0.667. The highest BCUT2D eigenvalue weighted by Crippen LogP contribution is 2.22. The molecule has 6 nitrogen and oxygen atoms in total. The highest BCUT2D eigenvalue weighted by Gasteiger charge is 2.27. The first-order valence-corrected chi connectivity index (χ1v) is 6.85. The Morgan fingerprint density at radius 2 is 1.88 bits per heavy atom. The second-order valence-corrected chi connectivity index (χ2v) is 5.87. The highest BCUT2D eigenvalue weighted by atomic mass is 32.2. The largest absolute Gasteiger partial charge is 0.383 e. The Balaban J connectivity index is 2.27. The molecule has 1 aliphatic rings. The Kier molecular flexibility index (Phi) is 3.15. The molecule has 0 aliphatic carbocycles. The molecule has 3 N–H and O–H groups in total. The van der Waals surface area contributed by atoms with E-state index in [1.807, 2.05) is 0 Å². The fourth-order valence-electron chi connectivity index (χ4n) is 1.91. The zero-order valence-corrected chi connectivity index (χ0v) is 9.83. The van der Waals surface area contributed by atoms with Crippen molar-refractivity contribution in [3.8, 4) is 0 Å².